The van der Waals surface area contributed by atoms with Crippen LogP contribution in [-0.4, -0.2) is 4.98 Å². The first kappa shape index (κ1) is 9.41. The van der Waals surface area contributed by atoms with Gasteiger partial charge in [0.05, 0.1) is 11.5 Å². The van der Waals surface area contributed by atoms with Crippen LogP contribution >= 0.6 is 0 Å². The van der Waals surface area contributed by atoms with E-state index in [1.165, 1.54) is 0 Å². The number of hydrogen-bond donors (Lipinski definition) is 0. The number of aromatic nitrogens is 1. The predicted molar refractivity (Wildman–Crippen MR) is 59.8 cm³/mol. The summed E-state index contributed by atoms with van der Waals surface area (Å²) < 4.78 is 5.49. The van der Waals surface area contributed by atoms with Crippen molar-refractivity contribution < 1.29 is 4.42 Å². The fourth-order valence-electron chi connectivity index (χ4n) is 2.36. The molecule has 0 N–H and O–H groups in total. The third-order valence-electron chi connectivity index (χ3n) is 3.52. The maximum absolute atomic E-state index is 9.26. The number of aryl methyl sites for hydroxylation is 1. The first-order chi connectivity index (χ1) is 7.65. The van der Waals surface area contributed by atoms with Crippen LogP contribution < -0.4 is 0 Å². The second-order valence-corrected chi connectivity index (χ2v) is 4.60. The van der Waals surface area contributed by atoms with Crippen molar-refractivity contribution in [2.45, 2.75) is 25.7 Å². The normalized spacial score (nSPS) is 27.9. The molecule has 0 radical (unpaired) electrons. The molecule has 2 aromatic rings. The lowest BCUT2D eigenvalue weighted by atomic mass is 9.95. The van der Waals surface area contributed by atoms with E-state index in [-0.39, 0.29) is 5.41 Å². The van der Waals surface area contributed by atoms with E-state index >= 15 is 0 Å². The molecular weight excluding hydrogens is 200 g/mol. The fraction of sp³-hybridized carbons (Fsp3) is 0.385. The Balaban J connectivity index is 2.16. The van der Waals surface area contributed by atoms with Crippen LogP contribution in [0.5, 0.6) is 0 Å². The molecule has 2 unspecified atom stereocenters. The van der Waals surface area contributed by atoms with E-state index in [0.717, 1.165) is 23.1 Å². The molecule has 3 rings (SSSR count). The van der Waals surface area contributed by atoms with Crippen molar-refractivity contribution in [3.8, 4) is 6.07 Å². The third kappa shape index (κ3) is 1.10. The maximum atomic E-state index is 9.26. The summed E-state index contributed by atoms with van der Waals surface area (Å²) in [6, 6.07) is 8.32. The lowest BCUT2D eigenvalue weighted by Crippen LogP contribution is -2.05. The number of fused-ring (bicyclic) bond motifs is 1. The molecule has 1 saturated carbocycles. The Hall–Kier alpha value is -1.82. The molecule has 0 saturated heterocycles. The molecule has 1 aliphatic carbocycles. The molecule has 1 aromatic heterocycles. The van der Waals surface area contributed by atoms with Gasteiger partial charge in [0.2, 0.25) is 0 Å². The van der Waals surface area contributed by atoms with Crippen molar-refractivity contribution >= 4 is 11.1 Å². The predicted octanol–water partition coefficient (Wildman–Crippen LogP) is 2.94. The van der Waals surface area contributed by atoms with E-state index in [4.69, 9.17) is 4.42 Å². The minimum Gasteiger partial charge on any atom is -0.441 e. The van der Waals surface area contributed by atoms with Gasteiger partial charge in [0, 0.05) is 6.92 Å². The summed E-state index contributed by atoms with van der Waals surface area (Å²) in [5.74, 6) is 1.11. The highest BCUT2D eigenvalue weighted by Crippen LogP contribution is 2.53. The standard InChI is InChI=1S/C13H12N2O/c1-8-6-13(8,7-14)10-3-4-11-12(5-10)16-9(2)15-11/h3-5,8H,6H2,1-2H3. The van der Waals surface area contributed by atoms with Crippen LogP contribution in [0.4, 0.5) is 0 Å². The molecule has 0 aliphatic heterocycles. The van der Waals surface area contributed by atoms with Gasteiger partial charge in [0.15, 0.2) is 11.5 Å². The van der Waals surface area contributed by atoms with E-state index < -0.39 is 0 Å². The van der Waals surface area contributed by atoms with Gasteiger partial charge in [0.1, 0.15) is 5.52 Å². The SMILES string of the molecule is Cc1nc2ccc(C3(C#N)CC3C)cc2o1. The molecule has 1 aromatic carbocycles. The number of benzene rings is 1. The van der Waals surface area contributed by atoms with Gasteiger partial charge in [-0.1, -0.05) is 13.0 Å². The zero-order valence-corrected chi connectivity index (χ0v) is 9.32. The average Bonchev–Trinajstić information content (AvgIpc) is 2.79. The van der Waals surface area contributed by atoms with Crippen LogP contribution in [0.2, 0.25) is 0 Å². The van der Waals surface area contributed by atoms with Crippen molar-refractivity contribution in [2.24, 2.45) is 5.92 Å². The summed E-state index contributed by atoms with van der Waals surface area (Å²) in [6.45, 7) is 3.94. The summed E-state index contributed by atoms with van der Waals surface area (Å²) in [5, 5.41) is 9.26. The first-order valence-electron chi connectivity index (χ1n) is 5.44. The molecule has 3 nitrogen and oxygen atoms in total. The Labute approximate surface area is 93.7 Å². The van der Waals surface area contributed by atoms with E-state index in [1.54, 1.807) is 0 Å². The smallest absolute Gasteiger partial charge is 0.192 e. The van der Waals surface area contributed by atoms with Crippen LogP contribution in [0.3, 0.4) is 0 Å². The van der Waals surface area contributed by atoms with E-state index in [9.17, 15) is 5.26 Å². The number of hydrogen-bond acceptors (Lipinski definition) is 3. The molecular formula is C13H12N2O. The van der Waals surface area contributed by atoms with Gasteiger partial charge in [-0.2, -0.15) is 5.26 Å². The van der Waals surface area contributed by atoms with Gasteiger partial charge >= 0.3 is 0 Å². The zero-order chi connectivity index (χ0) is 11.3. The summed E-state index contributed by atoms with van der Waals surface area (Å²) in [5.41, 5.74) is 2.42. The van der Waals surface area contributed by atoms with Gasteiger partial charge in [0.25, 0.3) is 0 Å². The van der Waals surface area contributed by atoms with Gasteiger partial charge in [-0.15, -0.1) is 0 Å². The topological polar surface area (TPSA) is 49.8 Å². The van der Waals surface area contributed by atoms with Crippen molar-refractivity contribution in [1.82, 2.24) is 4.98 Å². The molecule has 3 heteroatoms. The Morgan fingerprint density at radius 2 is 2.31 bits per heavy atom. The van der Waals surface area contributed by atoms with Crippen LogP contribution in [0, 0.1) is 24.2 Å². The maximum Gasteiger partial charge on any atom is 0.192 e. The highest BCUT2D eigenvalue weighted by molar-refractivity contribution is 5.74. The van der Waals surface area contributed by atoms with E-state index in [1.807, 2.05) is 25.1 Å². The highest BCUT2D eigenvalue weighted by Gasteiger charge is 2.53. The zero-order valence-electron chi connectivity index (χ0n) is 9.32. The van der Waals surface area contributed by atoms with Crippen molar-refractivity contribution in [3.05, 3.63) is 29.7 Å². The highest BCUT2D eigenvalue weighted by atomic mass is 16.3. The number of nitriles is 1. The molecule has 0 amide bonds. The third-order valence-corrected chi connectivity index (χ3v) is 3.52. The lowest BCUT2D eigenvalue weighted by Gasteiger charge is -2.06. The molecule has 1 fully saturated rings. The summed E-state index contributed by atoms with van der Waals surface area (Å²) in [7, 11) is 0. The molecule has 1 aliphatic rings. The molecule has 16 heavy (non-hydrogen) atoms. The molecule has 0 bridgehead atoms. The van der Waals surface area contributed by atoms with Crippen LogP contribution in [0.1, 0.15) is 24.8 Å². The Kier molecular flexibility index (Phi) is 1.68. The fourth-order valence-corrected chi connectivity index (χ4v) is 2.36. The van der Waals surface area contributed by atoms with Crippen molar-refractivity contribution in [2.75, 3.05) is 0 Å². The minimum atomic E-state index is -0.283. The van der Waals surface area contributed by atoms with E-state index in [0.29, 0.717) is 11.8 Å². The van der Waals surface area contributed by atoms with Crippen molar-refractivity contribution in [3.63, 3.8) is 0 Å². The Morgan fingerprint density at radius 3 is 2.94 bits per heavy atom. The lowest BCUT2D eigenvalue weighted by molar-refractivity contribution is 0.560. The Bertz CT molecular complexity index is 608. The second-order valence-electron chi connectivity index (χ2n) is 4.60. The van der Waals surface area contributed by atoms with Gasteiger partial charge in [-0.3, -0.25) is 0 Å². The number of oxazole rings is 1. The second kappa shape index (κ2) is 2.85. The Morgan fingerprint density at radius 1 is 1.56 bits per heavy atom. The van der Waals surface area contributed by atoms with E-state index in [2.05, 4.69) is 18.0 Å². The van der Waals surface area contributed by atoms with Crippen LogP contribution in [-0.2, 0) is 5.41 Å². The molecule has 2 atom stereocenters. The number of rotatable bonds is 1. The van der Waals surface area contributed by atoms with Gasteiger partial charge < -0.3 is 4.42 Å². The largest absolute Gasteiger partial charge is 0.441 e. The number of nitrogens with zero attached hydrogens (tertiary/aromatic N) is 2. The van der Waals surface area contributed by atoms with Crippen LogP contribution in [0.25, 0.3) is 11.1 Å². The molecule has 1 heterocycles. The van der Waals surface area contributed by atoms with Crippen LogP contribution in [0.15, 0.2) is 22.6 Å². The molecule has 0 spiro atoms. The molecule has 80 valence electrons. The van der Waals surface area contributed by atoms with Gasteiger partial charge in [-0.05, 0) is 30.0 Å². The van der Waals surface area contributed by atoms with Gasteiger partial charge in [-0.25, -0.2) is 4.98 Å². The van der Waals surface area contributed by atoms with Crippen molar-refractivity contribution in [1.29, 1.82) is 5.26 Å². The summed E-state index contributed by atoms with van der Waals surface area (Å²) in [4.78, 5) is 4.25. The summed E-state index contributed by atoms with van der Waals surface area (Å²) >= 11 is 0. The minimum absolute atomic E-state index is 0.283. The first-order valence-corrected chi connectivity index (χ1v) is 5.44. The average molecular weight is 212 g/mol. The quantitative estimate of drug-likeness (QED) is 0.730. The summed E-state index contributed by atoms with van der Waals surface area (Å²) in [6.07, 6.45) is 0.947. The monoisotopic (exact) mass is 212 g/mol.